The summed E-state index contributed by atoms with van der Waals surface area (Å²) >= 11 is 0. The van der Waals surface area contributed by atoms with Crippen LogP contribution in [0.4, 0.5) is 13.2 Å². The summed E-state index contributed by atoms with van der Waals surface area (Å²) in [4.78, 5) is 0. The maximum Gasteiger partial charge on any atom is 0.534 e. The maximum absolute atomic E-state index is 12.9. The Balaban J connectivity index is 1.58. The topological polar surface area (TPSA) is 43.4 Å². The number of fused-ring (bicyclic) bond motifs is 2. The summed E-state index contributed by atoms with van der Waals surface area (Å²) in [6.45, 7) is 0. The van der Waals surface area contributed by atoms with Gasteiger partial charge in [0.05, 0.1) is 0 Å². The molecule has 0 unspecified atom stereocenters. The van der Waals surface area contributed by atoms with E-state index in [2.05, 4.69) is 4.18 Å². The highest BCUT2D eigenvalue weighted by molar-refractivity contribution is 7.88. The van der Waals surface area contributed by atoms with Gasteiger partial charge in [0, 0.05) is 5.39 Å². The van der Waals surface area contributed by atoms with E-state index in [1.54, 1.807) is 24.3 Å². The summed E-state index contributed by atoms with van der Waals surface area (Å²) in [5.41, 5.74) is -2.23. The van der Waals surface area contributed by atoms with Gasteiger partial charge in [-0.15, -0.1) is 0 Å². The van der Waals surface area contributed by atoms with E-state index in [9.17, 15) is 21.6 Å². The number of rotatable bonds is 4. The normalized spacial score (nSPS) is 12.2. The lowest BCUT2D eigenvalue weighted by atomic mass is 9.95. The first-order valence-corrected chi connectivity index (χ1v) is 11.8. The first-order chi connectivity index (χ1) is 16.2. The second-order valence-corrected chi connectivity index (χ2v) is 9.32. The first-order valence-electron chi connectivity index (χ1n) is 10.3. The molecule has 0 aliphatic rings. The van der Waals surface area contributed by atoms with Gasteiger partial charge < -0.3 is 4.18 Å². The highest BCUT2D eigenvalue weighted by atomic mass is 32.2. The molecule has 170 valence electrons. The fourth-order valence-electron chi connectivity index (χ4n) is 4.00. The van der Waals surface area contributed by atoms with E-state index < -0.39 is 15.6 Å². The average molecular weight is 478 g/mol. The summed E-state index contributed by atoms with van der Waals surface area (Å²) in [6.07, 6.45) is 0. The van der Waals surface area contributed by atoms with Crippen molar-refractivity contribution in [2.24, 2.45) is 0 Å². The molecule has 0 aliphatic carbocycles. The van der Waals surface area contributed by atoms with E-state index in [4.69, 9.17) is 0 Å². The molecule has 0 radical (unpaired) electrons. The third-order valence-corrected chi connectivity index (χ3v) is 6.59. The van der Waals surface area contributed by atoms with Crippen LogP contribution in [-0.2, 0) is 10.1 Å². The Bertz CT molecular complexity index is 1620. The molecule has 0 heterocycles. The maximum atomic E-state index is 12.9. The zero-order chi connectivity index (χ0) is 23.9. The van der Waals surface area contributed by atoms with Crippen LogP contribution in [-0.4, -0.2) is 13.9 Å². The zero-order valence-corrected chi connectivity index (χ0v) is 18.4. The van der Waals surface area contributed by atoms with E-state index in [0.29, 0.717) is 16.5 Å². The molecule has 0 aliphatic heterocycles. The summed E-state index contributed by atoms with van der Waals surface area (Å²) < 4.78 is 66.7. The number of hydrogen-bond acceptors (Lipinski definition) is 3. The van der Waals surface area contributed by atoms with Crippen molar-refractivity contribution in [3.8, 4) is 28.0 Å². The lowest BCUT2D eigenvalue weighted by molar-refractivity contribution is -0.0499. The second kappa shape index (κ2) is 8.18. The fourth-order valence-corrected chi connectivity index (χ4v) is 4.46. The van der Waals surface area contributed by atoms with Crippen molar-refractivity contribution in [1.29, 1.82) is 0 Å². The molecule has 0 spiro atoms. The van der Waals surface area contributed by atoms with Gasteiger partial charge in [0.2, 0.25) is 0 Å². The molecular weight excluding hydrogens is 461 g/mol. The number of alkyl halides is 3. The Morgan fingerprint density at radius 3 is 1.88 bits per heavy atom. The second-order valence-electron chi connectivity index (χ2n) is 7.78. The summed E-state index contributed by atoms with van der Waals surface area (Å²) in [5.74, 6) is -0.372. The zero-order valence-electron chi connectivity index (χ0n) is 17.6. The van der Waals surface area contributed by atoms with Crippen LogP contribution in [0.5, 0.6) is 5.75 Å². The van der Waals surface area contributed by atoms with Gasteiger partial charge in [0.15, 0.2) is 5.75 Å². The van der Waals surface area contributed by atoms with Crippen LogP contribution in [0.3, 0.4) is 0 Å². The van der Waals surface area contributed by atoms with E-state index in [1.807, 2.05) is 66.7 Å². The molecule has 0 N–H and O–H groups in total. The van der Waals surface area contributed by atoms with Gasteiger partial charge in [-0.1, -0.05) is 91.0 Å². The van der Waals surface area contributed by atoms with Gasteiger partial charge in [-0.3, -0.25) is 0 Å². The molecule has 7 heteroatoms. The van der Waals surface area contributed by atoms with Crippen LogP contribution >= 0.6 is 0 Å². The third kappa shape index (κ3) is 3.99. The minimum absolute atomic E-state index is 0.270. The van der Waals surface area contributed by atoms with Crippen LogP contribution < -0.4 is 4.18 Å². The molecule has 5 rings (SSSR count). The molecule has 0 saturated heterocycles. The van der Waals surface area contributed by atoms with E-state index in [1.165, 1.54) is 12.1 Å². The summed E-state index contributed by atoms with van der Waals surface area (Å²) in [5, 5.41) is 3.06. The van der Waals surface area contributed by atoms with Gasteiger partial charge >= 0.3 is 15.6 Å². The Morgan fingerprint density at radius 1 is 0.588 bits per heavy atom. The SMILES string of the molecule is O=S(=O)(Oc1cc(-c2ccc(-c3cccc4ccccc34)cc2)cc2ccccc12)C(F)(F)F. The lowest BCUT2D eigenvalue weighted by Crippen LogP contribution is -2.28. The summed E-state index contributed by atoms with van der Waals surface area (Å²) in [7, 11) is -5.80. The van der Waals surface area contributed by atoms with Gasteiger partial charge in [-0.25, -0.2) is 0 Å². The van der Waals surface area contributed by atoms with E-state index in [-0.39, 0.29) is 11.1 Å². The molecule has 0 bridgehead atoms. The van der Waals surface area contributed by atoms with Gasteiger partial charge in [0.25, 0.3) is 0 Å². The van der Waals surface area contributed by atoms with Gasteiger partial charge in [0.1, 0.15) is 0 Å². The highest BCUT2D eigenvalue weighted by Crippen LogP contribution is 2.37. The molecule has 0 amide bonds. The van der Waals surface area contributed by atoms with Crippen molar-refractivity contribution >= 4 is 31.7 Å². The van der Waals surface area contributed by atoms with E-state index in [0.717, 1.165) is 21.9 Å². The lowest BCUT2D eigenvalue weighted by Gasteiger charge is -2.14. The van der Waals surface area contributed by atoms with Gasteiger partial charge in [-0.05, 0) is 50.5 Å². The van der Waals surface area contributed by atoms with Crippen LogP contribution in [0.25, 0.3) is 43.8 Å². The predicted octanol–water partition coefficient (Wildman–Crippen LogP) is 7.56. The molecule has 0 fully saturated rings. The molecule has 3 nitrogen and oxygen atoms in total. The number of hydrogen-bond donors (Lipinski definition) is 0. The predicted molar refractivity (Wildman–Crippen MR) is 128 cm³/mol. The number of halogens is 3. The van der Waals surface area contributed by atoms with Crippen LogP contribution in [0.15, 0.2) is 103 Å². The Labute approximate surface area is 194 Å². The highest BCUT2D eigenvalue weighted by Gasteiger charge is 2.48. The Hall–Kier alpha value is -3.84. The molecule has 34 heavy (non-hydrogen) atoms. The molecule has 0 atom stereocenters. The quantitative estimate of drug-likeness (QED) is 0.198. The van der Waals surface area contributed by atoms with Crippen molar-refractivity contribution < 1.29 is 25.8 Å². The summed E-state index contributed by atoms with van der Waals surface area (Å²) in [6, 6.07) is 31.3. The van der Waals surface area contributed by atoms with Crippen molar-refractivity contribution in [3.63, 3.8) is 0 Å². The molecule has 5 aromatic carbocycles. The molecule has 0 aromatic heterocycles. The molecule has 5 aromatic rings. The Kier molecular flexibility index (Phi) is 5.29. The van der Waals surface area contributed by atoms with E-state index >= 15 is 0 Å². The van der Waals surface area contributed by atoms with Crippen LogP contribution in [0, 0.1) is 0 Å². The minimum atomic E-state index is -5.80. The average Bonchev–Trinajstić information content (AvgIpc) is 2.83. The first kappa shape index (κ1) is 22.0. The largest absolute Gasteiger partial charge is 0.534 e. The van der Waals surface area contributed by atoms with Gasteiger partial charge in [-0.2, -0.15) is 21.6 Å². The minimum Gasteiger partial charge on any atom is -0.375 e. The van der Waals surface area contributed by atoms with Crippen LogP contribution in [0.2, 0.25) is 0 Å². The van der Waals surface area contributed by atoms with Crippen molar-refractivity contribution in [3.05, 3.63) is 103 Å². The standard InChI is InChI=1S/C27H17F3O3S/c28-27(29,30)34(31,32)33-26-17-22(16-21-7-2-4-10-25(21)26)18-12-14-20(15-13-18)24-11-5-8-19-6-1-3-9-23(19)24/h1-17H. The third-order valence-electron chi connectivity index (χ3n) is 5.63. The molecule has 0 saturated carbocycles. The molecular formula is C27H17F3O3S. The Morgan fingerprint density at radius 2 is 1.18 bits per heavy atom. The van der Waals surface area contributed by atoms with Crippen molar-refractivity contribution in [1.82, 2.24) is 0 Å². The van der Waals surface area contributed by atoms with Crippen molar-refractivity contribution in [2.75, 3.05) is 0 Å². The fraction of sp³-hybridized carbons (Fsp3) is 0.0370. The smallest absolute Gasteiger partial charge is 0.375 e. The van der Waals surface area contributed by atoms with Crippen molar-refractivity contribution in [2.45, 2.75) is 5.51 Å². The monoisotopic (exact) mass is 478 g/mol. The van der Waals surface area contributed by atoms with Crippen LogP contribution in [0.1, 0.15) is 0 Å². The number of benzene rings is 5.